The molecule has 0 aliphatic heterocycles. The molecular formula is C18H23NO4S. The summed E-state index contributed by atoms with van der Waals surface area (Å²) in [5.41, 5.74) is 0.268. The maximum atomic E-state index is 13.0. The van der Waals surface area contributed by atoms with Crippen molar-refractivity contribution in [1.29, 1.82) is 0 Å². The third-order valence-electron chi connectivity index (χ3n) is 3.66. The smallest absolute Gasteiger partial charge is 0.243 e. The number of hydrogen-bond donors (Lipinski definition) is 1. The van der Waals surface area contributed by atoms with Crippen LogP contribution in [0.3, 0.4) is 0 Å². The fourth-order valence-corrected chi connectivity index (χ4v) is 4.10. The molecule has 1 N–H and O–H groups in total. The van der Waals surface area contributed by atoms with Crippen molar-refractivity contribution in [3.8, 4) is 11.5 Å². The fraction of sp³-hybridized carbons (Fsp3) is 0.333. The number of sulfonamides is 1. The average molecular weight is 349 g/mol. The van der Waals surface area contributed by atoms with Crippen molar-refractivity contribution in [2.24, 2.45) is 0 Å². The molecule has 2 aromatic carbocycles. The first-order chi connectivity index (χ1) is 11.1. The van der Waals surface area contributed by atoms with E-state index in [4.69, 9.17) is 4.74 Å². The van der Waals surface area contributed by atoms with Crippen LogP contribution >= 0.6 is 0 Å². The van der Waals surface area contributed by atoms with Crippen LogP contribution in [0.1, 0.15) is 26.3 Å². The Labute approximate surface area is 143 Å². The van der Waals surface area contributed by atoms with Gasteiger partial charge in [0.1, 0.15) is 11.5 Å². The normalized spacial score (nSPS) is 12.4. The predicted molar refractivity (Wildman–Crippen MR) is 93.6 cm³/mol. The molecule has 2 aromatic rings. The highest BCUT2D eigenvalue weighted by molar-refractivity contribution is 7.89. The third-order valence-corrected chi connectivity index (χ3v) is 5.78. The van der Waals surface area contributed by atoms with Crippen LogP contribution in [0.25, 0.3) is 0 Å². The number of phenols is 1. The number of benzene rings is 2. The second kappa shape index (κ2) is 6.83. The first-order valence-corrected chi connectivity index (χ1v) is 9.03. The molecule has 5 nitrogen and oxygen atoms in total. The molecule has 0 aliphatic rings. The number of phenolic OH excluding ortho intramolecular Hbond substituents is 1. The highest BCUT2D eigenvalue weighted by Crippen LogP contribution is 2.28. The number of methoxy groups -OCH3 is 1. The molecule has 0 radical (unpaired) electrons. The molecule has 0 heterocycles. The van der Waals surface area contributed by atoms with Gasteiger partial charge in [-0.3, -0.25) is 0 Å². The molecule has 0 amide bonds. The van der Waals surface area contributed by atoms with Crippen LogP contribution in [0, 0.1) is 0 Å². The van der Waals surface area contributed by atoms with Gasteiger partial charge in [0.05, 0.1) is 12.0 Å². The maximum Gasteiger partial charge on any atom is 0.243 e. The first kappa shape index (κ1) is 18.3. The Hall–Kier alpha value is -2.05. The summed E-state index contributed by atoms with van der Waals surface area (Å²) in [5.74, 6) is 0.758. The third kappa shape index (κ3) is 4.07. The summed E-state index contributed by atoms with van der Waals surface area (Å²) in [5, 5.41) is 9.39. The summed E-state index contributed by atoms with van der Waals surface area (Å²) in [7, 11) is -2.11. The molecule has 0 saturated heterocycles. The Kier molecular flexibility index (Phi) is 5.20. The lowest BCUT2D eigenvalue weighted by atomic mass is 10.1. The molecule has 0 bridgehead atoms. The van der Waals surface area contributed by atoms with Crippen LogP contribution in [0.5, 0.6) is 11.5 Å². The first-order valence-electron chi connectivity index (χ1n) is 7.59. The molecule has 0 fully saturated rings. The lowest BCUT2D eigenvalue weighted by molar-refractivity contribution is 0.242. The van der Waals surface area contributed by atoms with Crippen molar-refractivity contribution in [1.82, 2.24) is 4.31 Å². The molecule has 2 rings (SSSR count). The quantitative estimate of drug-likeness (QED) is 0.898. The van der Waals surface area contributed by atoms with Crippen molar-refractivity contribution in [3.63, 3.8) is 0 Å². The zero-order valence-electron chi connectivity index (χ0n) is 14.4. The number of nitrogens with zero attached hydrogens (tertiary/aromatic N) is 1. The summed E-state index contributed by atoms with van der Waals surface area (Å²) in [6.45, 7) is 5.81. The van der Waals surface area contributed by atoms with E-state index in [1.807, 2.05) is 45.0 Å². The van der Waals surface area contributed by atoms with Gasteiger partial charge in [-0.1, -0.05) is 12.1 Å². The van der Waals surface area contributed by atoms with E-state index in [-0.39, 0.29) is 17.2 Å². The Bertz CT molecular complexity index is 775. The summed E-state index contributed by atoms with van der Waals surface area (Å²) in [6.07, 6.45) is 0. The van der Waals surface area contributed by atoms with Crippen molar-refractivity contribution < 1.29 is 18.3 Å². The second-order valence-electron chi connectivity index (χ2n) is 6.52. The number of ether oxygens (including phenoxy) is 1. The van der Waals surface area contributed by atoms with Crippen LogP contribution in [-0.4, -0.2) is 30.5 Å². The van der Waals surface area contributed by atoms with Crippen LogP contribution in [0.4, 0.5) is 0 Å². The van der Waals surface area contributed by atoms with Gasteiger partial charge in [0.25, 0.3) is 0 Å². The van der Waals surface area contributed by atoms with E-state index in [0.717, 1.165) is 11.3 Å². The highest BCUT2D eigenvalue weighted by Gasteiger charge is 2.34. The SMILES string of the molecule is COc1ccc(CN(C(C)(C)C)S(=O)(=O)c2ccc(O)cc2)cc1. The van der Waals surface area contributed by atoms with Crippen LogP contribution < -0.4 is 4.74 Å². The standard InChI is InChI=1S/C18H23NO4S/c1-18(2,3)19(13-14-5-9-16(23-4)10-6-14)24(21,22)17-11-7-15(20)8-12-17/h5-12,20H,13H2,1-4H3. The molecule has 0 unspecified atom stereocenters. The minimum Gasteiger partial charge on any atom is -0.508 e. The van der Waals surface area contributed by atoms with Gasteiger partial charge >= 0.3 is 0 Å². The van der Waals surface area contributed by atoms with Crippen molar-refractivity contribution in [2.45, 2.75) is 37.8 Å². The molecule has 0 atom stereocenters. The van der Waals surface area contributed by atoms with Crippen molar-refractivity contribution in [2.75, 3.05) is 7.11 Å². The highest BCUT2D eigenvalue weighted by atomic mass is 32.2. The average Bonchev–Trinajstić information content (AvgIpc) is 2.52. The summed E-state index contributed by atoms with van der Waals surface area (Å²) in [6, 6.07) is 12.9. The summed E-state index contributed by atoms with van der Waals surface area (Å²) >= 11 is 0. The van der Waals surface area contributed by atoms with E-state index in [1.165, 1.54) is 28.6 Å². The Morgan fingerprint density at radius 1 is 1.00 bits per heavy atom. The zero-order chi connectivity index (χ0) is 18.0. The Morgan fingerprint density at radius 2 is 1.54 bits per heavy atom. The van der Waals surface area contributed by atoms with E-state index in [1.54, 1.807) is 7.11 Å². The Morgan fingerprint density at radius 3 is 2.00 bits per heavy atom. The van der Waals surface area contributed by atoms with Gasteiger partial charge in [-0.25, -0.2) is 8.42 Å². The number of rotatable bonds is 5. The topological polar surface area (TPSA) is 66.8 Å². The van der Waals surface area contributed by atoms with E-state index in [9.17, 15) is 13.5 Å². The van der Waals surface area contributed by atoms with Gasteiger partial charge in [-0.15, -0.1) is 0 Å². The molecule has 0 aromatic heterocycles. The molecule has 24 heavy (non-hydrogen) atoms. The van der Waals surface area contributed by atoms with Gasteiger partial charge in [-0.05, 0) is 62.7 Å². The van der Waals surface area contributed by atoms with E-state index >= 15 is 0 Å². The van der Waals surface area contributed by atoms with E-state index in [0.29, 0.717) is 0 Å². The largest absolute Gasteiger partial charge is 0.508 e. The summed E-state index contributed by atoms with van der Waals surface area (Å²) < 4.78 is 32.7. The zero-order valence-corrected chi connectivity index (χ0v) is 15.2. The molecule has 6 heteroatoms. The second-order valence-corrected chi connectivity index (χ2v) is 8.39. The molecule has 0 aliphatic carbocycles. The van der Waals surface area contributed by atoms with Gasteiger partial charge in [0.2, 0.25) is 10.0 Å². The fourth-order valence-electron chi connectivity index (χ4n) is 2.32. The van der Waals surface area contributed by atoms with Gasteiger partial charge in [-0.2, -0.15) is 4.31 Å². The maximum absolute atomic E-state index is 13.0. The van der Waals surface area contributed by atoms with Crippen LogP contribution in [-0.2, 0) is 16.6 Å². The Balaban J connectivity index is 2.39. The minimum absolute atomic E-state index is 0.0337. The van der Waals surface area contributed by atoms with Crippen LogP contribution in [0.2, 0.25) is 0 Å². The van der Waals surface area contributed by atoms with Crippen LogP contribution in [0.15, 0.2) is 53.4 Å². The number of hydrogen-bond acceptors (Lipinski definition) is 4. The number of aromatic hydroxyl groups is 1. The van der Waals surface area contributed by atoms with E-state index < -0.39 is 15.6 Å². The van der Waals surface area contributed by atoms with Crippen molar-refractivity contribution >= 4 is 10.0 Å². The molecular weight excluding hydrogens is 326 g/mol. The summed E-state index contributed by atoms with van der Waals surface area (Å²) in [4.78, 5) is 0.156. The molecule has 0 saturated carbocycles. The monoisotopic (exact) mass is 349 g/mol. The van der Waals surface area contributed by atoms with Gasteiger partial charge in [0, 0.05) is 12.1 Å². The van der Waals surface area contributed by atoms with Crippen molar-refractivity contribution in [3.05, 3.63) is 54.1 Å². The van der Waals surface area contributed by atoms with E-state index in [2.05, 4.69) is 0 Å². The molecule has 0 spiro atoms. The minimum atomic E-state index is -3.70. The molecule has 130 valence electrons. The predicted octanol–water partition coefficient (Wildman–Crippen LogP) is 3.39. The van der Waals surface area contributed by atoms with Gasteiger partial charge < -0.3 is 9.84 Å². The lowest BCUT2D eigenvalue weighted by Crippen LogP contribution is -2.44. The van der Waals surface area contributed by atoms with Gasteiger partial charge in [0.15, 0.2) is 0 Å². The lowest BCUT2D eigenvalue weighted by Gasteiger charge is -2.34.